The number of carbonyl (C=O) groups is 2. The summed E-state index contributed by atoms with van der Waals surface area (Å²) in [5, 5.41) is 11.6. The predicted molar refractivity (Wildman–Crippen MR) is 125 cm³/mol. The zero-order valence-electron chi connectivity index (χ0n) is 18.8. The van der Waals surface area contributed by atoms with E-state index in [1.54, 1.807) is 6.92 Å². The smallest absolute Gasteiger partial charge is 0.379 e. The quantitative estimate of drug-likeness (QED) is 0.483. The number of hydrogen-bond acceptors (Lipinski definition) is 7. The molecule has 1 amide bonds. The molecular formula is C24H23F3N4O3S. The molecule has 2 heterocycles. The van der Waals surface area contributed by atoms with E-state index in [1.807, 2.05) is 35.2 Å². The number of nitrogens with zero attached hydrogens (tertiary/aromatic N) is 3. The Labute approximate surface area is 203 Å². The van der Waals surface area contributed by atoms with Gasteiger partial charge in [0.25, 0.3) is 0 Å². The Balaban J connectivity index is 1.52. The van der Waals surface area contributed by atoms with Crippen LogP contribution in [-0.4, -0.2) is 59.1 Å². The summed E-state index contributed by atoms with van der Waals surface area (Å²) in [6, 6.07) is 11.7. The van der Waals surface area contributed by atoms with Gasteiger partial charge >= 0.3 is 6.18 Å². The van der Waals surface area contributed by atoms with Crippen LogP contribution in [0.25, 0.3) is 10.6 Å². The first-order valence-corrected chi connectivity index (χ1v) is 11.8. The highest BCUT2D eigenvalue weighted by Gasteiger charge is 2.35. The topological polar surface area (TPSA) is 84.4 Å². The van der Waals surface area contributed by atoms with Crippen molar-refractivity contribution < 1.29 is 27.5 Å². The number of benzene rings is 2. The number of nitrogens with one attached hydrogen (secondary N) is 1. The fourth-order valence-corrected chi connectivity index (χ4v) is 4.54. The maximum Gasteiger partial charge on any atom is 0.418 e. The number of halogens is 3. The Kier molecular flexibility index (Phi) is 7.58. The SMILES string of the molecule is CC(C(=O)Nc1cc(C(=O)Cc2nnc(-c3ccccc3)s2)ccc1C(F)(F)F)N1CCOCC1. The lowest BCUT2D eigenvalue weighted by molar-refractivity contribution is -0.137. The van der Waals surface area contributed by atoms with E-state index in [-0.39, 0.29) is 12.0 Å². The van der Waals surface area contributed by atoms with Gasteiger partial charge in [0.1, 0.15) is 10.0 Å². The van der Waals surface area contributed by atoms with Crippen molar-refractivity contribution in [3.63, 3.8) is 0 Å². The summed E-state index contributed by atoms with van der Waals surface area (Å²) in [7, 11) is 0. The molecule has 184 valence electrons. The second kappa shape index (κ2) is 10.6. The van der Waals surface area contributed by atoms with Crippen LogP contribution in [0.15, 0.2) is 48.5 Å². The number of hydrogen-bond donors (Lipinski definition) is 1. The van der Waals surface area contributed by atoms with Crippen LogP contribution in [0.4, 0.5) is 18.9 Å². The highest BCUT2D eigenvalue weighted by atomic mass is 32.1. The average molecular weight is 505 g/mol. The third-order valence-electron chi connectivity index (χ3n) is 5.68. The molecule has 0 aliphatic carbocycles. The van der Waals surface area contributed by atoms with Crippen molar-refractivity contribution >= 4 is 28.7 Å². The van der Waals surface area contributed by atoms with Crippen molar-refractivity contribution in [1.82, 2.24) is 15.1 Å². The molecular weight excluding hydrogens is 481 g/mol. The molecule has 0 bridgehead atoms. The van der Waals surface area contributed by atoms with Gasteiger partial charge < -0.3 is 10.1 Å². The average Bonchev–Trinajstić information content (AvgIpc) is 3.32. The fraction of sp³-hybridized carbons (Fsp3) is 0.333. The third kappa shape index (κ3) is 6.11. The maximum absolute atomic E-state index is 13.6. The summed E-state index contributed by atoms with van der Waals surface area (Å²) in [6.07, 6.45) is -4.82. The van der Waals surface area contributed by atoms with Crippen LogP contribution in [0.5, 0.6) is 0 Å². The molecule has 1 unspecified atom stereocenters. The van der Waals surface area contributed by atoms with Crippen LogP contribution in [0.1, 0.15) is 27.9 Å². The Morgan fingerprint density at radius 1 is 1.11 bits per heavy atom. The van der Waals surface area contributed by atoms with Crippen molar-refractivity contribution in [3.8, 4) is 10.6 Å². The summed E-state index contributed by atoms with van der Waals surface area (Å²) >= 11 is 1.24. The number of carbonyl (C=O) groups excluding carboxylic acids is 2. The number of amides is 1. The molecule has 11 heteroatoms. The maximum atomic E-state index is 13.6. The molecule has 0 spiro atoms. The van der Waals surface area contributed by atoms with Crippen LogP contribution in [-0.2, 0) is 22.1 Å². The molecule has 35 heavy (non-hydrogen) atoms. The van der Waals surface area contributed by atoms with Crippen LogP contribution in [0.2, 0.25) is 0 Å². The van der Waals surface area contributed by atoms with Gasteiger partial charge in [-0.05, 0) is 19.1 Å². The molecule has 0 saturated carbocycles. The Morgan fingerprint density at radius 3 is 2.51 bits per heavy atom. The van der Waals surface area contributed by atoms with E-state index in [9.17, 15) is 22.8 Å². The van der Waals surface area contributed by atoms with E-state index in [4.69, 9.17) is 4.74 Å². The fourth-order valence-electron chi connectivity index (χ4n) is 3.70. The van der Waals surface area contributed by atoms with Crippen molar-refractivity contribution in [1.29, 1.82) is 0 Å². The number of ketones is 1. The number of anilines is 1. The van der Waals surface area contributed by atoms with Crippen molar-refractivity contribution in [2.24, 2.45) is 0 Å². The van der Waals surface area contributed by atoms with E-state index < -0.39 is 35.2 Å². The predicted octanol–water partition coefficient (Wildman–Crippen LogP) is 4.31. The number of aromatic nitrogens is 2. The second-order valence-electron chi connectivity index (χ2n) is 8.04. The monoisotopic (exact) mass is 504 g/mol. The van der Waals surface area contributed by atoms with E-state index in [0.717, 1.165) is 23.8 Å². The number of ether oxygens (including phenoxy) is 1. The number of Topliss-reactive ketones (excluding diaryl/α,β-unsaturated/α-hetero) is 1. The molecule has 0 radical (unpaired) electrons. The minimum absolute atomic E-state index is 0.0452. The van der Waals surface area contributed by atoms with E-state index >= 15 is 0 Å². The van der Waals surface area contributed by atoms with Crippen LogP contribution >= 0.6 is 11.3 Å². The first-order chi connectivity index (χ1) is 16.7. The van der Waals surface area contributed by atoms with Crippen molar-refractivity contribution in [3.05, 3.63) is 64.7 Å². The van der Waals surface area contributed by atoms with Crippen LogP contribution in [0.3, 0.4) is 0 Å². The molecule has 1 N–H and O–H groups in total. The second-order valence-corrected chi connectivity index (χ2v) is 9.10. The minimum Gasteiger partial charge on any atom is -0.379 e. The number of rotatable bonds is 7. The molecule has 1 saturated heterocycles. The summed E-state index contributed by atoms with van der Waals surface area (Å²) in [4.78, 5) is 27.4. The summed E-state index contributed by atoms with van der Waals surface area (Å²) in [5.74, 6) is -1.01. The standard InChI is InChI=1S/C24H23F3N4O3S/c1-15(31-9-11-34-12-10-31)22(33)28-19-13-17(7-8-18(19)24(25,26)27)20(32)14-21-29-30-23(35-21)16-5-3-2-4-6-16/h2-8,13,15H,9-12,14H2,1H3,(H,28,33). The molecule has 3 aromatic rings. The normalized spacial score (nSPS) is 15.5. The summed E-state index contributed by atoms with van der Waals surface area (Å²) < 4.78 is 46.1. The molecule has 7 nitrogen and oxygen atoms in total. The van der Waals surface area contributed by atoms with Crippen LogP contribution < -0.4 is 5.32 Å². The first kappa shape index (κ1) is 25.0. The van der Waals surface area contributed by atoms with Gasteiger partial charge in [0.15, 0.2) is 5.78 Å². The van der Waals surface area contributed by atoms with Gasteiger partial charge in [-0.25, -0.2) is 0 Å². The van der Waals surface area contributed by atoms with E-state index in [2.05, 4.69) is 15.5 Å². The van der Waals surface area contributed by atoms with Gasteiger partial charge in [-0.15, -0.1) is 10.2 Å². The highest BCUT2D eigenvalue weighted by molar-refractivity contribution is 7.14. The molecule has 1 atom stereocenters. The van der Waals surface area contributed by atoms with Crippen LogP contribution in [0, 0.1) is 0 Å². The van der Waals surface area contributed by atoms with Crippen molar-refractivity contribution in [2.45, 2.75) is 25.6 Å². The lowest BCUT2D eigenvalue weighted by atomic mass is 10.0. The molecule has 1 aliphatic rings. The van der Waals surface area contributed by atoms with E-state index in [0.29, 0.717) is 36.3 Å². The number of alkyl halides is 3. The first-order valence-electron chi connectivity index (χ1n) is 11.0. The Hall–Kier alpha value is -3.15. The van der Waals surface area contributed by atoms with Gasteiger partial charge in [-0.3, -0.25) is 14.5 Å². The number of morpholine rings is 1. The molecule has 4 rings (SSSR count). The van der Waals surface area contributed by atoms with E-state index in [1.165, 1.54) is 11.3 Å². The summed E-state index contributed by atoms with van der Waals surface area (Å²) in [6.45, 7) is 3.54. The molecule has 1 aromatic heterocycles. The zero-order valence-corrected chi connectivity index (χ0v) is 19.7. The Bertz CT molecular complexity index is 1190. The van der Waals surface area contributed by atoms with Crippen molar-refractivity contribution in [2.75, 3.05) is 31.6 Å². The zero-order chi connectivity index (χ0) is 25.0. The molecule has 2 aromatic carbocycles. The largest absolute Gasteiger partial charge is 0.418 e. The Morgan fingerprint density at radius 2 is 1.83 bits per heavy atom. The lowest BCUT2D eigenvalue weighted by Gasteiger charge is -2.31. The van der Waals surface area contributed by atoms with Gasteiger partial charge in [0, 0.05) is 24.2 Å². The highest BCUT2D eigenvalue weighted by Crippen LogP contribution is 2.36. The van der Waals surface area contributed by atoms with Gasteiger partial charge in [0.2, 0.25) is 5.91 Å². The third-order valence-corrected chi connectivity index (χ3v) is 6.65. The minimum atomic E-state index is -4.70. The molecule has 1 fully saturated rings. The molecule has 1 aliphatic heterocycles. The lowest BCUT2D eigenvalue weighted by Crippen LogP contribution is -2.47. The van der Waals surface area contributed by atoms with Gasteiger partial charge in [0.05, 0.1) is 36.9 Å². The van der Waals surface area contributed by atoms with Gasteiger partial charge in [-0.2, -0.15) is 13.2 Å². The van der Waals surface area contributed by atoms with Gasteiger partial charge in [-0.1, -0.05) is 47.7 Å². The summed E-state index contributed by atoms with van der Waals surface area (Å²) in [5.41, 5.74) is -0.559.